The Hall–Kier alpha value is -3.85. The van der Waals surface area contributed by atoms with Crippen molar-refractivity contribution in [3.05, 3.63) is 90.0 Å². The van der Waals surface area contributed by atoms with Crippen LogP contribution in [-0.4, -0.2) is 50.5 Å². The smallest absolute Gasteiger partial charge is 0.244 e. The Morgan fingerprint density at radius 1 is 0.925 bits per heavy atom. The summed E-state index contributed by atoms with van der Waals surface area (Å²) in [6.45, 7) is 6.10. The minimum atomic E-state index is -3.82. The number of anilines is 1. The van der Waals surface area contributed by atoms with Gasteiger partial charge in [0.1, 0.15) is 24.1 Å². The van der Waals surface area contributed by atoms with Crippen LogP contribution in [0.1, 0.15) is 44.2 Å². The van der Waals surface area contributed by atoms with Gasteiger partial charge in [0.25, 0.3) is 0 Å². The van der Waals surface area contributed by atoms with Gasteiger partial charge in [0.05, 0.1) is 11.9 Å². The number of para-hydroxylation sites is 1. The summed E-state index contributed by atoms with van der Waals surface area (Å²) in [5.74, 6) is 0.477. The van der Waals surface area contributed by atoms with Gasteiger partial charge in [0.2, 0.25) is 21.8 Å². The van der Waals surface area contributed by atoms with E-state index in [0.29, 0.717) is 30.2 Å². The Labute approximate surface area is 238 Å². The number of nitrogens with zero attached hydrogens (tertiary/aromatic N) is 2. The van der Waals surface area contributed by atoms with Crippen LogP contribution >= 0.6 is 0 Å². The molecule has 3 rings (SSSR count). The third-order valence-corrected chi connectivity index (χ3v) is 7.57. The normalized spacial score (nSPS) is 11.9. The van der Waals surface area contributed by atoms with E-state index in [-0.39, 0.29) is 12.5 Å². The van der Waals surface area contributed by atoms with Gasteiger partial charge < -0.3 is 15.0 Å². The van der Waals surface area contributed by atoms with Crippen LogP contribution < -0.4 is 14.4 Å². The van der Waals surface area contributed by atoms with Gasteiger partial charge in [-0.1, -0.05) is 68.3 Å². The molecule has 0 radical (unpaired) electrons. The van der Waals surface area contributed by atoms with Gasteiger partial charge in [0, 0.05) is 13.1 Å². The fourth-order valence-electron chi connectivity index (χ4n) is 4.35. The molecule has 40 heavy (non-hydrogen) atoms. The number of benzene rings is 3. The SMILES string of the molecule is CCCCNC(=O)C(CC)N(Cc1cccc(C)c1)C(=O)CN(c1ccc(Oc2ccccc2)cc1)S(C)(=O)=O. The van der Waals surface area contributed by atoms with E-state index in [1.54, 1.807) is 24.3 Å². The van der Waals surface area contributed by atoms with Crippen LogP contribution in [0.15, 0.2) is 78.9 Å². The Morgan fingerprint density at radius 2 is 1.60 bits per heavy atom. The van der Waals surface area contributed by atoms with E-state index in [0.717, 1.165) is 34.5 Å². The van der Waals surface area contributed by atoms with E-state index in [2.05, 4.69) is 5.32 Å². The lowest BCUT2D eigenvalue weighted by Gasteiger charge is -2.33. The summed E-state index contributed by atoms with van der Waals surface area (Å²) in [5.41, 5.74) is 2.22. The number of sulfonamides is 1. The minimum absolute atomic E-state index is 0.182. The number of ether oxygens (including phenoxy) is 1. The summed E-state index contributed by atoms with van der Waals surface area (Å²) in [6.07, 6.45) is 3.22. The number of hydrogen-bond acceptors (Lipinski definition) is 5. The monoisotopic (exact) mass is 565 g/mol. The van der Waals surface area contributed by atoms with Crippen LogP contribution in [0.2, 0.25) is 0 Å². The first-order valence-corrected chi connectivity index (χ1v) is 15.4. The van der Waals surface area contributed by atoms with Gasteiger partial charge in [-0.2, -0.15) is 0 Å². The highest BCUT2D eigenvalue weighted by Crippen LogP contribution is 2.26. The van der Waals surface area contributed by atoms with E-state index in [1.807, 2.05) is 75.4 Å². The maximum atomic E-state index is 13.8. The van der Waals surface area contributed by atoms with Gasteiger partial charge in [-0.25, -0.2) is 8.42 Å². The molecule has 0 aliphatic rings. The van der Waals surface area contributed by atoms with Crippen molar-refractivity contribution in [1.82, 2.24) is 10.2 Å². The Balaban J connectivity index is 1.87. The zero-order valence-electron chi connectivity index (χ0n) is 23.7. The average molecular weight is 566 g/mol. The predicted molar refractivity (Wildman–Crippen MR) is 159 cm³/mol. The summed E-state index contributed by atoms with van der Waals surface area (Å²) in [5, 5.41) is 2.93. The third kappa shape index (κ3) is 8.84. The maximum absolute atomic E-state index is 13.8. The van der Waals surface area contributed by atoms with Crippen molar-refractivity contribution in [3.63, 3.8) is 0 Å². The molecule has 0 bridgehead atoms. The predicted octanol–water partition coefficient (Wildman–Crippen LogP) is 5.28. The highest BCUT2D eigenvalue weighted by Gasteiger charge is 2.31. The van der Waals surface area contributed by atoms with Crippen molar-refractivity contribution in [1.29, 1.82) is 0 Å². The second-order valence-corrected chi connectivity index (χ2v) is 11.7. The molecule has 0 spiro atoms. The van der Waals surface area contributed by atoms with E-state index in [4.69, 9.17) is 4.74 Å². The van der Waals surface area contributed by atoms with Gasteiger partial charge in [-0.3, -0.25) is 13.9 Å². The van der Waals surface area contributed by atoms with Crippen molar-refractivity contribution in [2.45, 2.75) is 52.6 Å². The first-order valence-electron chi connectivity index (χ1n) is 13.6. The zero-order valence-corrected chi connectivity index (χ0v) is 24.5. The summed E-state index contributed by atoms with van der Waals surface area (Å²) in [4.78, 5) is 28.4. The van der Waals surface area contributed by atoms with E-state index < -0.39 is 28.5 Å². The number of carbonyl (C=O) groups is 2. The zero-order chi connectivity index (χ0) is 29.1. The molecule has 214 valence electrons. The van der Waals surface area contributed by atoms with Crippen molar-refractivity contribution in [2.24, 2.45) is 0 Å². The molecule has 8 nitrogen and oxygen atoms in total. The highest BCUT2D eigenvalue weighted by atomic mass is 32.2. The minimum Gasteiger partial charge on any atom is -0.457 e. The number of hydrogen-bond donors (Lipinski definition) is 1. The molecule has 2 amide bonds. The molecule has 0 aromatic heterocycles. The van der Waals surface area contributed by atoms with Gasteiger partial charge in [-0.15, -0.1) is 0 Å². The van der Waals surface area contributed by atoms with Crippen LogP contribution in [-0.2, 0) is 26.2 Å². The molecule has 0 aliphatic heterocycles. The molecule has 9 heteroatoms. The maximum Gasteiger partial charge on any atom is 0.244 e. The first kappa shape index (κ1) is 30.7. The van der Waals surface area contributed by atoms with E-state index in [9.17, 15) is 18.0 Å². The summed E-state index contributed by atoms with van der Waals surface area (Å²) in [7, 11) is -3.82. The van der Waals surface area contributed by atoms with Crippen LogP contribution in [0.4, 0.5) is 5.69 Å². The standard InChI is InChI=1S/C31H39N3O5S/c1-5-7-20-32-31(36)29(6-2)33(22-25-13-11-12-24(3)21-25)30(35)23-34(40(4,37)38)26-16-18-28(19-17-26)39-27-14-9-8-10-15-27/h8-19,21,29H,5-7,20,22-23H2,1-4H3,(H,32,36). The Kier molecular flexibility index (Phi) is 11.1. The quantitative estimate of drug-likeness (QED) is 0.269. The third-order valence-electron chi connectivity index (χ3n) is 6.43. The number of nitrogens with one attached hydrogen (secondary N) is 1. The van der Waals surface area contributed by atoms with Gasteiger partial charge >= 0.3 is 0 Å². The van der Waals surface area contributed by atoms with Gasteiger partial charge in [0.15, 0.2) is 0 Å². The largest absolute Gasteiger partial charge is 0.457 e. The molecular formula is C31H39N3O5S. The number of carbonyl (C=O) groups excluding carboxylic acids is 2. The lowest BCUT2D eigenvalue weighted by Crippen LogP contribution is -2.52. The highest BCUT2D eigenvalue weighted by molar-refractivity contribution is 7.92. The van der Waals surface area contributed by atoms with E-state index >= 15 is 0 Å². The second kappa shape index (κ2) is 14.5. The van der Waals surface area contributed by atoms with Crippen LogP contribution in [0.25, 0.3) is 0 Å². The fourth-order valence-corrected chi connectivity index (χ4v) is 5.20. The molecule has 0 fully saturated rings. The lowest BCUT2D eigenvalue weighted by molar-refractivity contribution is -0.140. The molecule has 0 aliphatic carbocycles. The van der Waals surface area contributed by atoms with Crippen molar-refractivity contribution in [2.75, 3.05) is 23.7 Å². The average Bonchev–Trinajstić information content (AvgIpc) is 2.92. The molecule has 0 saturated heterocycles. The summed E-state index contributed by atoms with van der Waals surface area (Å²) < 4.78 is 32.6. The molecule has 1 N–H and O–H groups in total. The van der Waals surface area contributed by atoms with E-state index in [1.165, 1.54) is 4.90 Å². The molecule has 0 saturated carbocycles. The Morgan fingerprint density at radius 3 is 2.20 bits per heavy atom. The summed E-state index contributed by atoms with van der Waals surface area (Å²) in [6, 6.07) is 22.7. The number of rotatable bonds is 14. The molecule has 3 aromatic rings. The number of aryl methyl sites for hydroxylation is 1. The van der Waals surface area contributed by atoms with Crippen LogP contribution in [0, 0.1) is 6.92 Å². The molecule has 1 atom stereocenters. The van der Waals surface area contributed by atoms with Crippen LogP contribution in [0.5, 0.6) is 11.5 Å². The number of amides is 2. The van der Waals surface area contributed by atoms with Gasteiger partial charge in [-0.05, 0) is 61.7 Å². The Bertz CT molecular complexity index is 1360. The second-order valence-electron chi connectivity index (χ2n) is 9.76. The lowest BCUT2D eigenvalue weighted by atomic mass is 10.1. The molecule has 1 unspecified atom stereocenters. The topological polar surface area (TPSA) is 96.0 Å². The molecule has 0 heterocycles. The molecular weight excluding hydrogens is 526 g/mol. The van der Waals surface area contributed by atoms with Crippen molar-refractivity contribution in [3.8, 4) is 11.5 Å². The van der Waals surface area contributed by atoms with Crippen molar-refractivity contribution < 1.29 is 22.7 Å². The number of unbranched alkanes of at least 4 members (excludes halogenated alkanes) is 1. The summed E-state index contributed by atoms with van der Waals surface area (Å²) >= 11 is 0. The van der Waals surface area contributed by atoms with Crippen LogP contribution in [0.3, 0.4) is 0 Å². The first-order chi connectivity index (χ1) is 19.1. The van der Waals surface area contributed by atoms with Crippen molar-refractivity contribution >= 4 is 27.5 Å². The molecule has 3 aromatic carbocycles. The fraction of sp³-hybridized carbons (Fsp3) is 0.355.